The number of carbonyl (C=O) groups excluding carboxylic acids is 1. The van der Waals surface area contributed by atoms with Gasteiger partial charge in [-0.25, -0.2) is 4.39 Å². The molecule has 104 valence electrons. The van der Waals surface area contributed by atoms with Crippen LogP contribution in [0.4, 0.5) is 10.1 Å². The average molecular weight is 344 g/mol. The number of benzene rings is 3. The summed E-state index contributed by atoms with van der Waals surface area (Å²) in [4.78, 5) is 12.2. The molecule has 3 rings (SSSR count). The highest BCUT2D eigenvalue weighted by atomic mass is 79.9. The van der Waals surface area contributed by atoms with Crippen LogP contribution in [0.15, 0.2) is 65.1 Å². The van der Waals surface area contributed by atoms with Gasteiger partial charge in [-0.05, 0) is 53.2 Å². The highest BCUT2D eigenvalue weighted by Gasteiger charge is 2.07. The smallest absolute Gasteiger partial charge is 0.255 e. The van der Waals surface area contributed by atoms with Crippen LogP contribution in [0.1, 0.15) is 10.4 Å². The predicted octanol–water partition coefficient (Wildman–Crippen LogP) is 4.99. The first-order valence-corrected chi connectivity index (χ1v) is 7.17. The van der Waals surface area contributed by atoms with Crippen molar-refractivity contribution in [2.24, 2.45) is 0 Å². The number of anilines is 1. The molecule has 0 heterocycles. The highest BCUT2D eigenvalue weighted by Crippen LogP contribution is 2.21. The number of nitrogens with one attached hydrogen (secondary N) is 1. The van der Waals surface area contributed by atoms with Crippen LogP contribution in [-0.2, 0) is 0 Å². The fraction of sp³-hybridized carbons (Fsp3) is 0. The average Bonchev–Trinajstić information content (AvgIpc) is 2.46. The van der Waals surface area contributed by atoms with Crippen LogP contribution >= 0.6 is 15.9 Å². The van der Waals surface area contributed by atoms with Gasteiger partial charge in [0.25, 0.3) is 5.91 Å². The Balaban J connectivity index is 1.89. The van der Waals surface area contributed by atoms with E-state index in [1.807, 2.05) is 30.3 Å². The maximum absolute atomic E-state index is 13.1. The molecule has 0 aliphatic heterocycles. The van der Waals surface area contributed by atoms with Crippen molar-refractivity contribution in [3.05, 3.63) is 76.5 Å². The van der Waals surface area contributed by atoms with E-state index in [0.29, 0.717) is 11.3 Å². The molecule has 21 heavy (non-hydrogen) atoms. The van der Waals surface area contributed by atoms with Gasteiger partial charge >= 0.3 is 0 Å². The Kier molecular flexibility index (Phi) is 3.71. The lowest BCUT2D eigenvalue weighted by Gasteiger charge is -2.06. The molecule has 0 bridgehead atoms. The van der Waals surface area contributed by atoms with Gasteiger partial charge in [-0.15, -0.1) is 0 Å². The second-order valence-electron chi connectivity index (χ2n) is 4.67. The largest absolute Gasteiger partial charge is 0.322 e. The molecule has 0 aromatic heterocycles. The molecule has 1 N–H and O–H groups in total. The summed E-state index contributed by atoms with van der Waals surface area (Å²) >= 11 is 3.42. The van der Waals surface area contributed by atoms with Crippen LogP contribution in [0.3, 0.4) is 0 Å². The van der Waals surface area contributed by atoms with Gasteiger partial charge in [-0.3, -0.25) is 4.79 Å². The van der Waals surface area contributed by atoms with Crippen molar-refractivity contribution in [2.75, 3.05) is 5.32 Å². The third-order valence-corrected chi connectivity index (χ3v) is 3.64. The van der Waals surface area contributed by atoms with Crippen LogP contribution in [0, 0.1) is 5.82 Å². The fourth-order valence-electron chi connectivity index (χ4n) is 2.13. The number of halogens is 2. The van der Waals surface area contributed by atoms with Crippen molar-refractivity contribution in [1.29, 1.82) is 0 Å². The van der Waals surface area contributed by atoms with Gasteiger partial charge in [-0.1, -0.05) is 34.1 Å². The van der Waals surface area contributed by atoms with E-state index < -0.39 is 0 Å². The number of hydrogen-bond acceptors (Lipinski definition) is 1. The highest BCUT2D eigenvalue weighted by molar-refractivity contribution is 9.10. The molecule has 4 heteroatoms. The zero-order valence-electron chi connectivity index (χ0n) is 10.9. The zero-order chi connectivity index (χ0) is 14.8. The summed E-state index contributed by atoms with van der Waals surface area (Å²) in [6, 6.07) is 17.2. The van der Waals surface area contributed by atoms with Gasteiger partial charge in [0.2, 0.25) is 0 Å². The van der Waals surface area contributed by atoms with Gasteiger partial charge in [0.1, 0.15) is 5.82 Å². The van der Waals surface area contributed by atoms with Gasteiger partial charge in [-0.2, -0.15) is 0 Å². The fourth-order valence-corrected chi connectivity index (χ4v) is 2.51. The second kappa shape index (κ2) is 5.66. The molecular formula is C17H11BrFNO. The molecule has 0 fully saturated rings. The van der Waals surface area contributed by atoms with Gasteiger partial charge < -0.3 is 5.32 Å². The number of carbonyl (C=O) groups is 1. The maximum Gasteiger partial charge on any atom is 0.255 e. The van der Waals surface area contributed by atoms with Crippen LogP contribution in [0.2, 0.25) is 0 Å². The van der Waals surface area contributed by atoms with Crippen molar-refractivity contribution in [2.45, 2.75) is 0 Å². The van der Waals surface area contributed by atoms with E-state index in [1.54, 1.807) is 18.2 Å². The number of amides is 1. The van der Waals surface area contributed by atoms with Crippen LogP contribution in [-0.4, -0.2) is 5.91 Å². The molecule has 0 saturated heterocycles. The Labute approximate surface area is 129 Å². The van der Waals surface area contributed by atoms with E-state index in [9.17, 15) is 9.18 Å². The lowest BCUT2D eigenvalue weighted by atomic mass is 10.1. The first kappa shape index (κ1) is 13.8. The zero-order valence-corrected chi connectivity index (χ0v) is 12.5. The molecule has 3 aromatic rings. The SMILES string of the molecule is O=C(Nc1cccc(F)c1)c1ccc2cc(Br)ccc2c1. The van der Waals surface area contributed by atoms with Crippen molar-refractivity contribution >= 4 is 38.3 Å². The summed E-state index contributed by atoms with van der Waals surface area (Å²) < 4.78 is 14.1. The Hall–Kier alpha value is -2.20. The molecule has 1 amide bonds. The lowest BCUT2D eigenvalue weighted by Crippen LogP contribution is -2.11. The molecule has 0 aliphatic carbocycles. The van der Waals surface area contributed by atoms with Crippen molar-refractivity contribution < 1.29 is 9.18 Å². The summed E-state index contributed by atoms with van der Waals surface area (Å²) in [5.74, 6) is -0.637. The Morgan fingerprint density at radius 1 is 0.952 bits per heavy atom. The molecule has 0 saturated carbocycles. The van der Waals surface area contributed by atoms with Crippen molar-refractivity contribution in [3.8, 4) is 0 Å². The third kappa shape index (κ3) is 3.11. The Morgan fingerprint density at radius 3 is 2.52 bits per heavy atom. The normalized spacial score (nSPS) is 10.6. The Morgan fingerprint density at radius 2 is 1.71 bits per heavy atom. The first-order valence-electron chi connectivity index (χ1n) is 6.38. The monoisotopic (exact) mass is 343 g/mol. The summed E-state index contributed by atoms with van der Waals surface area (Å²) in [7, 11) is 0. The molecule has 0 atom stereocenters. The van der Waals surface area contributed by atoms with E-state index >= 15 is 0 Å². The summed E-state index contributed by atoms with van der Waals surface area (Å²) in [5, 5.41) is 4.71. The lowest BCUT2D eigenvalue weighted by molar-refractivity contribution is 0.102. The molecule has 0 unspecified atom stereocenters. The van der Waals surface area contributed by atoms with E-state index in [-0.39, 0.29) is 11.7 Å². The number of rotatable bonds is 2. The first-order chi connectivity index (χ1) is 10.1. The molecule has 0 radical (unpaired) electrons. The quantitative estimate of drug-likeness (QED) is 0.697. The predicted molar refractivity (Wildman–Crippen MR) is 86.0 cm³/mol. The minimum absolute atomic E-state index is 0.259. The molecule has 0 aliphatic rings. The van der Waals surface area contributed by atoms with Gasteiger partial charge in [0.05, 0.1) is 0 Å². The topological polar surface area (TPSA) is 29.1 Å². The van der Waals surface area contributed by atoms with Crippen LogP contribution < -0.4 is 5.32 Å². The van der Waals surface area contributed by atoms with E-state index in [4.69, 9.17) is 0 Å². The number of fused-ring (bicyclic) bond motifs is 1. The van der Waals surface area contributed by atoms with Gasteiger partial charge in [0, 0.05) is 15.7 Å². The number of hydrogen-bond donors (Lipinski definition) is 1. The van der Waals surface area contributed by atoms with Crippen LogP contribution in [0.25, 0.3) is 10.8 Å². The van der Waals surface area contributed by atoms with Crippen LogP contribution in [0.5, 0.6) is 0 Å². The maximum atomic E-state index is 13.1. The van der Waals surface area contributed by atoms with Crippen molar-refractivity contribution in [1.82, 2.24) is 0 Å². The van der Waals surface area contributed by atoms with E-state index in [0.717, 1.165) is 15.2 Å². The minimum Gasteiger partial charge on any atom is -0.322 e. The van der Waals surface area contributed by atoms with E-state index in [2.05, 4.69) is 21.2 Å². The molecule has 2 nitrogen and oxygen atoms in total. The molecule has 3 aromatic carbocycles. The standard InChI is InChI=1S/C17H11BrFNO/c18-14-7-6-11-8-13(5-4-12(11)9-14)17(21)20-16-3-1-2-15(19)10-16/h1-10H,(H,20,21). The summed E-state index contributed by atoms with van der Waals surface area (Å²) in [5.41, 5.74) is 0.977. The minimum atomic E-state index is -0.379. The second-order valence-corrected chi connectivity index (χ2v) is 5.59. The van der Waals surface area contributed by atoms with E-state index in [1.165, 1.54) is 12.1 Å². The summed E-state index contributed by atoms with van der Waals surface area (Å²) in [6.45, 7) is 0. The molecule has 0 spiro atoms. The molecular weight excluding hydrogens is 333 g/mol. The summed E-state index contributed by atoms with van der Waals surface area (Å²) in [6.07, 6.45) is 0. The Bertz CT molecular complexity index is 832. The third-order valence-electron chi connectivity index (χ3n) is 3.15. The van der Waals surface area contributed by atoms with Gasteiger partial charge in [0.15, 0.2) is 0 Å². The van der Waals surface area contributed by atoms with Crippen molar-refractivity contribution in [3.63, 3.8) is 0 Å².